The lowest BCUT2D eigenvalue weighted by molar-refractivity contribution is 0.00236. The molecule has 2 saturated carbocycles. The Bertz CT molecular complexity index is 262. The Hall–Kier alpha value is -0.0800. The molecule has 0 aromatic rings. The monoisotopic (exact) mass is 250 g/mol. The van der Waals surface area contributed by atoms with Gasteiger partial charge in [-0.15, -0.1) is 0 Å². The summed E-state index contributed by atoms with van der Waals surface area (Å²) in [7, 11) is 0. The maximum absolute atomic E-state index is 3.76. The van der Waals surface area contributed by atoms with Crippen molar-refractivity contribution in [2.45, 2.75) is 88.8 Å². The predicted molar refractivity (Wildman–Crippen MR) is 76.9 cm³/mol. The maximum atomic E-state index is 3.76. The summed E-state index contributed by atoms with van der Waals surface area (Å²) in [4.78, 5) is 2.96. The van der Waals surface area contributed by atoms with Gasteiger partial charge < -0.3 is 5.32 Å². The highest BCUT2D eigenvalue weighted by Crippen LogP contribution is 2.40. The molecule has 2 heteroatoms. The molecule has 3 rings (SSSR count). The van der Waals surface area contributed by atoms with E-state index in [9.17, 15) is 0 Å². The molecule has 0 aromatic heterocycles. The lowest BCUT2D eigenvalue weighted by atomic mass is 9.87. The van der Waals surface area contributed by atoms with Crippen molar-refractivity contribution in [3.05, 3.63) is 0 Å². The molecule has 0 aromatic carbocycles. The first-order valence-electron chi connectivity index (χ1n) is 8.30. The van der Waals surface area contributed by atoms with E-state index in [0.717, 1.165) is 6.04 Å². The molecule has 1 N–H and O–H groups in total. The molecular formula is C16H30N2. The second-order valence-electron chi connectivity index (χ2n) is 7.01. The maximum Gasteiger partial charge on any atom is 0.0337 e. The van der Waals surface area contributed by atoms with Crippen molar-refractivity contribution in [2.75, 3.05) is 13.1 Å². The summed E-state index contributed by atoms with van der Waals surface area (Å²) in [6.07, 6.45) is 14.6. The Labute approximate surface area is 113 Å². The third-order valence-corrected chi connectivity index (χ3v) is 5.66. The van der Waals surface area contributed by atoms with Crippen molar-refractivity contribution < 1.29 is 0 Å². The molecule has 1 saturated heterocycles. The number of hydrogen-bond donors (Lipinski definition) is 1. The molecular weight excluding hydrogens is 220 g/mol. The highest BCUT2D eigenvalue weighted by molar-refractivity contribution is 5.03. The van der Waals surface area contributed by atoms with Gasteiger partial charge in [0.05, 0.1) is 0 Å². The van der Waals surface area contributed by atoms with Gasteiger partial charge in [0, 0.05) is 30.7 Å². The van der Waals surface area contributed by atoms with Crippen LogP contribution < -0.4 is 5.32 Å². The van der Waals surface area contributed by atoms with E-state index in [-0.39, 0.29) is 0 Å². The van der Waals surface area contributed by atoms with E-state index < -0.39 is 0 Å². The molecule has 1 heterocycles. The van der Waals surface area contributed by atoms with Crippen molar-refractivity contribution in [3.8, 4) is 0 Å². The minimum absolute atomic E-state index is 0.543. The van der Waals surface area contributed by atoms with Gasteiger partial charge >= 0.3 is 0 Å². The molecule has 18 heavy (non-hydrogen) atoms. The molecule has 0 radical (unpaired) electrons. The van der Waals surface area contributed by atoms with Crippen LogP contribution in [0.1, 0.15) is 71.1 Å². The molecule has 1 spiro atoms. The zero-order valence-electron chi connectivity index (χ0n) is 12.1. The Morgan fingerprint density at radius 3 is 2.28 bits per heavy atom. The third-order valence-electron chi connectivity index (χ3n) is 5.66. The normalized spacial score (nSPS) is 34.8. The fraction of sp³-hybridized carbons (Fsp3) is 1.00. The number of rotatable bonds is 1. The molecule has 2 nitrogen and oxygen atoms in total. The van der Waals surface area contributed by atoms with Gasteiger partial charge in [0.1, 0.15) is 0 Å². The quantitative estimate of drug-likeness (QED) is 0.718. The van der Waals surface area contributed by atoms with Crippen LogP contribution in [-0.4, -0.2) is 35.6 Å². The van der Waals surface area contributed by atoms with Gasteiger partial charge in [0.2, 0.25) is 0 Å². The minimum Gasteiger partial charge on any atom is -0.311 e. The van der Waals surface area contributed by atoms with E-state index in [1.54, 1.807) is 0 Å². The molecule has 1 aliphatic heterocycles. The zero-order chi connectivity index (χ0) is 12.4. The zero-order valence-corrected chi connectivity index (χ0v) is 12.1. The summed E-state index contributed by atoms with van der Waals surface area (Å²) in [5.41, 5.74) is 0.543. The highest BCUT2D eigenvalue weighted by atomic mass is 15.3. The van der Waals surface area contributed by atoms with E-state index >= 15 is 0 Å². The van der Waals surface area contributed by atoms with Crippen LogP contribution in [0, 0.1) is 0 Å². The van der Waals surface area contributed by atoms with Crippen LogP contribution in [0.25, 0.3) is 0 Å². The minimum atomic E-state index is 0.543. The lowest BCUT2D eigenvalue weighted by Crippen LogP contribution is -2.65. The largest absolute Gasteiger partial charge is 0.311 e. The second kappa shape index (κ2) is 5.50. The summed E-state index contributed by atoms with van der Waals surface area (Å²) in [6, 6.07) is 1.59. The van der Waals surface area contributed by atoms with Gasteiger partial charge in [0.25, 0.3) is 0 Å². The van der Waals surface area contributed by atoms with Crippen LogP contribution in [0.2, 0.25) is 0 Å². The van der Waals surface area contributed by atoms with Crippen LogP contribution in [0.5, 0.6) is 0 Å². The third kappa shape index (κ3) is 2.46. The van der Waals surface area contributed by atoms with Gasteiger partial charge in [-0.05, 0) is 32.6 Å². The van der Waals surface area contributed by atoms with Crippen molar-refractivity contribution in [1.29, 1.82) is 0 Å². The Balaban J connectivity index is 1.76. The number of piperazine rings is 1. The molecule has 3 aliphatic rings. The van der Waals surface area contributed by atoms with Crippen molar-refractivity contribution >= 4 is 0 Å². The lowest BCUT2D eigenvalue weighted by Gasteiger charge is -2.51. The summed E-state index contributed by atoms with van der Waals surface area (Å²) in [5, 5.41) is 3.76. The first-order valence-corrected chi connectivity index (χ1v) is 8.30. The fourth-order valence-electron chi connectivity index (χ4n) is 4.62. The number of nitrogens with one attached hydrogen (secondary N) is 1. The standard InChI is InChI=1S/C16H30N2/c1-14-12-18(15-8-4-2-3-5-9-15)16(13-17-14)10-6-7-11-16/h14-15,17H,2-13H2,1H3. The Morgan fingerprint density at radius 1 is 0.944 bits per heavy atom. The van der Waals surface area contributed by atoms with Crippen LogP contribution >= 0.6 is 0 Å². The SMILES string of the molecule is CC1CN(C2CCCCCC2)C2(CCCC2)CN1. The summed E-state index contributed by atoms with van der Waals surface area (Å²) < 4.78 is 0. The Kier molecular flexibility index (Phi) is 3.95. The van der Waals surface area contributed by atoms with Crippen LogP contribution in [0.15, 0.2) is 0 Å². The fourth-order valence-corrected chi connectivity index (χ4v) is 4.62. The Morgan fingerprint density at radius 2 is 1.61 bits per heavy atom. The van der Waals surface area contributed by atoms with Crippen LogP contribution in [0.4, 0.5) is 0 Å². The smallest absolute Gasteiger partial charge is 0.0337 e. The van der Waals surface area contributed by atoms with E-state index in [1.807, 2.05) is 0 Å². The molecule has 0 amide bonds. The van der Waals surface area contributed by atoms with Gasteiger partial charge in [-0.3, -0.25) is 4.90 Å². The molecule has 104 valence electrons. The molecule has 1 unspecified atom stereocenters. The van der Waals surface area contributed by atoms with Crippen molar-refractivity contribution in [2.24, 2.45) is 0 Å². The average Bonchev–Trinajstić information content (AvgIpc) is 2.68. The number of hydrogen-bond acceptors (Lipinski definition) is 2. The van der Waals surface area contributed by atoms with E-state index in [2.05, 4.69) is 17.1 Å². The van der Waals surface area contributed by atoms with Crippen molar-refractivity contribution in [3.63, 3.8) is 0 Å². The average molecular weight is 250 g/mol. The predicted octanol–water partition coefficient (Wildman–Crippen LogP) is 3.32. The van der Waals surface area contributed by atoms with Crippen molar-refractivity contribution in [1.82, 2.24) is 10.2 Å². The second-order valence-corrected chi connectivity index (χ2v) is 7.01. The van der Waals surface area contributed by atoms with Gasteiger partial charge in [-0.1, -0.05) is 38.5 Å². The molecule has 2 aliphatic carbocycles. The first-order chi connectivity index (χ1) is 8.80. The van der Waals surface area contributed by atoms with Gasteiger partial charge in [-0.2, -0.15) is 0 Å². The first kappa shape index (κ1) is 12.9. The van der Waals surface area contributed by atoms with E-state index in [0.29, 0.717) is 11.6 Å². The molecule has 3 fully saturated rings. The summed E-state index contributed by atoms with van der Waals surface area (Å²) in [6.45, 7) is 4.92. The number of nitrogens with zero attached hydrogens (tertiary/aromatic N) is 1. The topological polar surface area (TPSA) is 15.3 Å². The van der Waals surface area contributed by atoms with Crippen LogP contribution in [0.3, 0.4) is 0 Å². The van der Waals surface area contributed by atoms with E-state index in [1.165, 1.54) is 77.3 Å². The van der Waals surface area contributed by atoms with Gasteiger partial charge in [0.15, 0.2) is 0 Å². The van der Waals surface area contributed by atoms with E-state index in [4.69, 9.17) is 0 Å². The summed E-state index contributed by atoms with van der Waals surface area (Å²) in [5.74, 6) is 0. The molecule has 1 atom stereocenters. The van der Waals surface area contributed by atoms with Crippen LogP contribution in [-0.2, 0) is 0 Å². The highest BCUT2D eigenvalue weighted by Gasteiger charge is 2.45. The van der Waals surface area contributed by atoms with Gasteiger partial charge in [-0.25, -0.2) is 0 Å². The summed E-state index contributed by atoms with van der Waals surface area (Å²) >= 11 is 0. The molecule has 0 bridgehead atoms.